The smallest absolute Gasteiger partial charge is 0.407 e. The molecule has 4 aromatic rings. The molecule has 1 saturated carbocycles. The zero-order valence-electron chi connectivity index (χ0n) is 17.5. The van der Waals surface area contributed by atoms with Crippen LogP contribution in [0.5, 0.6) is 0 Å². The summed E-state index contributed by atoms with van der Waals surface area (Å²) in [6.45, 7) is 1.61. The van der Waals surface area contributed by atoms with Gasteiger partial charge >= 0.3 is 6.09 Å². The summed E-state index contributed by atoms with van der Waals surface area (Å²) in [6, 6.07) is 18.3. The molecule has 0 aliphatic heterocycles. The van der Waals surface area contributed by atoms with Crippen LogP contribution in [0.25, 0.3) is 22.3 Å². The van der Waals surface area contributed by atoms with Crippen LogP contribution in [0.2, 0.25) is 0 Å². The molecule has 0 bridgehead atoms. The monoisotopic (exact) mass is 428 g/mol. The van der Waals surface area contributed by atoms with Crippen molar-refractivity contribution in [2.45, 2.75) is 19.5 Å². The normalized spacial score (nSPS) is 17.2. The number of nitrogens with two attached hydrogens (primary N) is 1. The van der Waals surface area contributed by atoms with Crippen LogP contribution in [0, 0.1) is 11.8 Å². The standard InChI is InChI=1S/C24H24N6O2/c25-22-21-23(28-14-27-22)30(15-29-21)12-19-10-20(19)13-32-24(31)26-11-16-5-4-8-18(9-16)17-6-2-1-3-7-17/h1-9,14-15,19-20H,10-13H2,(H,26,31)(H2,25,27,28)/t19-,20+/m1/s1. The van der Waals surface area contributed by atoms with Crippen LogP contribution in [0.15, 0.2) is 67.3 Å². The predicted octanol–water partition coefficient (Wildman–Crippen LogP) is 3.64. The summed E-state index contributed by atoms with van der Waals surface area (Å²) in [6.07, 6.45) is 3.80. The number of nitrogens with zero attached hydrogens (tertiary/aromatic N) is 4. The van der Waals surface area contributed by atoms with E-state index in [9.17, 15) is 4.79 Å². The highest BCUT2D eigenvalue weighted by molar-refractivity contribution is 5.81. The van der Waals surface area contributed by atoms with E-state index in [1.165, 1.54) is 6.33 Å². The number of fused-ring (bicyclic) bond motifs is 1. The summed E-state index contributed by atoms with van der Waals surface area (Å²) in [5.74, 6) is 1.16. The molecule has 0 saturated heterocycles. The number of alkyl carbamates (subject to hydrolysis) is 1. The third kappa shape index (κ3) is 4.39. The number of hydrogen-bond donors (Lipinski definition) is 2. The number of amides is 1. The number of hydrogen-bond acceptors (Lipinski definition) is 6. The minimum atomic E-state index is -0.394. The fourth-order valence-electron chi connectivity index (χ4n) is 3.92. The molecular formula is C24H24N6O2. The van der Waals surface area contributed by atoms with E-state index >= 15 is 0 Å². The Kier molecular flexibility index (Phi) is 5.41. The first-order valence-electron chi connectivity index (χ1n) is 10.6. The minimum absolute atomic E-state index is 0.346. The van der Waals surface area contributed by atoms with Crippen molar-refractivity contribution in [2.75, 3.05) is 12.3 Å². The first kappa shape index (κ1) is 20.0. The average molecular weight is 428 g/mol. The Morgan fingerprint density at radius 1 is 1.06 bits per heavy atom. The van der Waals surface area contributed by atoms with Gasteiger partial charge in [0.1, 0.15) is 11.8 Å². The van der Waals surface area contributed by atoms with Gasteiger partial charge in [-0.3, -0.25) is 0 Å². The van der Waals surface area contributed by atoms with E-state index in [-0.39, 0.29) is 0 Å². The summed E-state index contributed by atoms with van der Waals surface area (Å²) in [4.78, 5) is 24.7. The fraction of sp³-hybridized carbons (Fsp3) is 0.250. The molecule has 1 aliphatic carbocycles. The van der Waals surface area contributed by atoms with E-state index in [0.29, 0.717) is 36.3 Å². The Balaban J connectivity index is 1.08. The SMILES string of the molecule is Nc1ncnc2c1ncn2C[C@H]1C[C@H]1COC(=O)NCc1cccc(-c2ccccc2)c1. The highest BCUT2D eigenvalue weighted by atomic mass is 16.5. The van der Waals surface area contributed by atoms with Gasteiger partial charge in [-0.15, -0.1) is 0 Å². The molecule has 2 aromatic carbocycles. The number of carbonyl (C=O) groups excluding carboxylic acids is 1. The van der Waals surface area contributed by atoms with Gasteiger partial charge in [-0.2, -0.15) is 0 Å². The first-order valence-corrected chi connectivity index (χ1v) is 10.6. The van der Waals surface area contributed by atoms with Gasteiger partial charge < -0.3 is 20.4 Å². The number of rotatable bonds is 7. The Labute approximate surface area is 185 Å². The van der Waals surface area contributed by atoms with Gasteiger partial charge in [-0.05, 0) is 41.0 Å². The van der Waals surface area contributed by atoms with E-state index in [4.69, 9.17) is 10.5 Å². The van der Waals surface area contributed by atoms with Crippen molar-refractivity contribution in [1.29, 1.82) is 0 Å². The number of carbonyl (C=O) groups is 1. The molecule has 5 rings (SSSR count). The van der Waals surface area contributed by atoms with Gasteiger partial charge in [-0.1, -0.05) is 48.5 Å². The molecule has 162 valence electrons. The topological polar surface area (TPSA) is 108 Å². The Hall–Kier alpha value is -3.94. The van der Waals surface area contributed by atoms with Crippen LogP contribution in [0.4, 0.5) is 10.6 Å². The molecule has 1 fully saturated rings. The molecule has 0 radical (unpaired) electrons. The minimum Gasteiger partial charge on any atom is -0.449 e. The zero-order valence-corrected chi connectivity index (χ0v) is 17.5. The van der Waals surface area contributed by atoms with Gasteiger partial charge in [0.15, 0.2) is 11.5 Å². The number of imidazole rings is 1. The van der Waals surface area contributed by atoms with Crippen LogP contribution in [-0.2, 0) is 17.8 Å². The van der Waals surface area contributed by atoms with E-state index in [1.54, 1.807) is 6.33 Å². The van der Waals surface area contributed by atoms with Gasteiger partial charge in [0.25, 0.3) is 0 Å². The van der Waals surface area contributed by atoms with Crippen molar-refractivity contribution in [1.82, 2.24) is 24.8 Å². The van der Waals surface area contributed by atoms with Gasteiger partial charge in [0, 0.05) is 13.1 Å². The summed E-state index contributed by atoms with van der Waals surface area (Å²) in [5, 5.41) is 2.84. The lowest BCUT2D eigenvalue weighted by molar-refractivity contribution is 0.138. The summed E-state index contributed by atoms with van der Waals surface area (Å²) in [7, 11) is 0. The maximum Gasteiger partial charge on any atom is 0.407 e. The Morgan fingerprint density at radius 3 is 2.78 bits per heavy atom. The quantitative estimate of drug-likeness (QED) is 0.465. The average Bonchev–Trinajstić information content (AvgIpc) is 3.44. The third-order valence-electron chi connectivity index (χ3n) is 5.83. The Bertz CT molecular complexity index is 1240. The van der Waals surface area contributed by atoms with Crippen LogP contribution >= 0.6 is 0 Å². The van der Waals surface area contributed by atoms with Gasteiger partial charge in [0.05, 0.1) is 12.9 Å². The molecule has 8 nitrogen and oxygen atoms in total. The molecule has 2 atom stereocenters. The van der Waals surface area contributed by atoms with E-state index in [1.807, 2.05) is 34.9 Å². The number of benzene rings is 2. The van der Waals surface area contributed by atoms with Crippen molar-refractivity contribution in [3.63, 3.8) is 0 Å². The lowest BCUT2D eigenvalue weighted by atomic mass is 10.0. The van der Waals surface area contributed by atoms with Gasteiger partial charge in [0.2, 0.25) is 0 Å². The van der Waals surface area contributed by atoms with Crippen LogP contribution in [0.3, 0.4) is 0 Å². The molecule has 8 heteroatoms. The molecular weight excluding hydrogens is 404 g/mol. The van der Waals surface area contributed by atoms with Crippen molar-refractivity contribution in [3.05, 3.63) is 72.8 Å². The maximum absolute atomic E-state index is 12.2. The van der Waals surface area contributed by atoms with E-state index < -0.39 is 6.09 Å². The number of nitrogen functional groups attached to an aromatic ring is 1. The highest BCUT2D eigenvalue weighted by Crippen LogP contribution is 2.40. The van der Waals surface area contributed by atoms with Crippen molar-refractivity contribution >= 4 is 23.1 Å². The molecule has 0 spiro atoms. The first-order chi connectivity index (χ1) is 15.7. The predicted molar refractivity (Wildman–Crippen MR) is 121 cm³/mol. The second-order valence-electron chi connectivity index (χ2n) is 8.10. The van der Waals surface area contributed by atoms with Crippen LogP contribution in [0.1, 0.15) is 12.0 Å². The highest BCUT2D eigenvalue weighted by Gasteiger charge is 2.38. The van der Waals surface area contributed by atoms with Crippen molar-refractivity contribution < 1.29 is 9.53 Å². The number of anilines is 1. The van der Waals surface area contributed by atoms with Gasteiger partial charge in [-0.25, -0.2) is 19.7 Å². The second kappa shape index (κ2) is 8.66. The lowest BCUT2D eigenvalue weighted by Gasteiger charge is -2.09. The maximum atomic E-state index is 12.2. The second-order valence-corrected chi connectivity index (χ2v) is 8.10. The number of ether oxygens (including phenoxy) is 1. The molecule has 2 aromatic heterocycles. The molecule has 1 aliphatic rings. The molecule has 3 N–H and O–H groups in total. The van der Waals surface area contributed by atoms with Crippen molar-refractivity contribution in [2.24, 2.45) is 11.8 Å². The van der Waals surface area contributed by atoms with E-state index in [0.717, 1.165) is 35.3 Å². The van der Waals surface area contributed by atoms with Crippen LogP contribution in [-0.4, -0.2) is 32.2 Å². The third-order valence-corrected chi connectivity index (χ3v) is 5.83. The van der Waals surface area contributed by atoms with E-state index in [2.05, 4.69) is 44.5 Å². The summed E-state index contributed by atoms with van der Waals surface area (Å²) >= 11 is 0. The Morgan fingerprint density at radius 2 is 1.91 bits per heavy atom. The summed E-state index contributed by atoms with van der Waals surface area (Å²) in [5.41, 5.74) is 10.5. The zero-order chi connectivity index (χ0) is 21.9. The summed E-state index contributed by atoms with van der Waals surface area (Å²) < 4.78 is 7.42. The van der Waals surface area contributed by atoms with Crippen LogP contribution < -0.4 is 11.1 Å². The number of nitrogens with one attached hydrogen (secondary N) is 1. The number of aromatic nitrogens is 4. The van der Waals surface area contributed by atoms with Crippen molar-refractivity contribution in [3.8, 4) is 11.1 Å². The molecule has 0 unspecified atom stereocenters. The molecule has 1 amide bonds. The largest absolute Gasteiger partial charge is 0.449 e. The fourth-order valence-corrected chi connectivity index (χ4v) is 3.92. The lowest BCUT2D eigenvalue weighted by Crippen LogP contribution is -2.24. The molecule has 32 heavy (non-hydrogen) atoms. The molecule has 2 heterocycles.